The van der Waals surface area contributed by atoms with Crippen LogP contribution < -0.4 is 5.32 Å². The number of benzene rings is 2. The maximum Gasteiger partial charge on any atom is 0.269 e. The number of rotatable bonds is 7. The predicted molar refractivity (Wildman–Crippen MR) is 115 cm³/mol. The Hall–Kier alpha value is -1.87. The van der Waals surface area contributed by atoms with Gasteiger partial charge in [-0.3, -0.25) is 4.79 Å². The van der Waals surface area contributed by atoms with Crippen molar-refractivity contribution in [3.8, 4) is 0 Å². The summed E-state index contributed by atoms with van der Waals surface area (Å²) in [5.41, 5.74) is 0.566. The van der Waals surface area contributed by atoms with Gasteiger partial charge in [-0.1, -0.05) is 36.4 Å². The van der Waals surface area contributed by atoms with Crippen LogP contribution in [0.15, 0.2) is 83.0 Å². The lowest BCUT2D eigenvalue weighted by molar-refractivity contribution is 0.0948. The van der Waals surface area contributed by atoms with Crippen molar-refractivity contribution in [3.05, 3.63) is 78.9 Å². The largest absolute Gasteiger partial charge is 0.350 e. The highest BCUT2D eigenvalue weighted by Crippen LogP contribution is 2.28. The maximum atomic E-state index is 11.3. The molecular formula is C19H21N3O2S3. The van der Waals surface area contributed by atoms with Crippen LogP contribution in [0.2, 0.25) is 0 Å². The number of thiol groups is 1. The molecule has 0 spiro atoms. The van der Waals surface area contributed by atoms with Crippen molar-refractivity contribution in [2.45, 2.75) is 9.79 Å². The minimum Gasteiger partial charge on any atom is -0.350 e. The summed E-state index contributed by atoms with van der Waals surface area (Å²) in [7, 11) is 1.78. The van der Waals surface area contributed by atoms with E-state index in [4.69, 9.17) is 3.63 Å². The summed E-state index contributed by atoms with van der Waals surface area (Å²) in [6.45, 7) is 0.577. The van der Waals surface area contributed by atoms with Crippen molar-refractivity contribution in [1.82, 2.24) is 14.9 Å². The Kier molecular flexibility index (Phi) is 9.93. The van der Waals surface area contributed by atoms with Crippen LogP contribution >= 0.6 is 36.7 Å². The van der Waals surface area contributed by atoms with Crippen LogP contribution in [-0.2, 0) is 10.7 Å². The summed E-state index contributed by atoms with van der Waals surface area (Å²) >= 11 is 6.74. The summed E-state index contributed by atoms with van der Waals surface area (Å²) in [6.07, 6.45) is 3.13. The van der Waals surface area contributed by atoms with Crippen LogP contribution in [0.4, 0.5) is 0 Å². The first-order valence-electron chi connectivity index (χ1n) is 8.17. The van der Waals surface area contributed by atoms with Gasteiger partial charge in [0.2, 0.25) is 0 Å². The minimum atomic E-state index is -0.107. The predicted octanol–water partition coefficient (Wildman–Crippen LogP) is 4.50. The van der Waals surface area contributed by atoms with E-state index in [0.29, 0.717) is 18.0 Å². The maximum absolute atomic E-state index is 11.3. The van der Waals surface area contributed by atoms with Gasteiger partial charge in [0.25, 0.3) is 5.91 Å². The zero-order valence-corrected chi connectivity index (χ0v) is 17.3. The van der Waals surface area contributed by atoms with Gasteiger partial charge >= 0.3 is 0 Å². The van der Waals surface area contributed by atoms with Crippen LogP contribution in [0.1, 0.15) is 10.5 Å². The SMILES string of the molecule is Cn1cncc1C(=O)NCCS.c1ccc(SOSc2ccccc2)cc1. The highest BCUT2D eigenvalue weighted by Gasteiger charge is 2.07. The van der Waals surface area contributed by atoms with Gasteiger partial charge in [-0.2, -0.15) is 12.6 Å². The van der Waals surface area contributed by atoms with E-state index < -0.39 is 0 Å². The van der Waals surface area contributed by atoms with Crippen LogP contribution in [0.3, 0.4) is 0 Å². The second-order valence-electron chi connectivity index (χ2n) is 5.23. The molecule has 0 fully saturated rings. The molecule has 0 unspecified atom stereocenters. The number of aryl methyl sites for hydroxylation is 1. The molecule has 2 aromatic carbocycles. The van der Waals surface area contributed by atoms with Crippen molar-refractivity contribution in [2.24, 2.45) is 7.05 Å². The van der Waals surface area contributed by atoms with E-state index in [1.807, 2.05) is 60.7 Å². The highest BCUT2D eigenvalue weighted by atomic mass is 32.2. The second-order valence-corrected chi connectivity index (χ2v) is 7.50. The Labute approximate surface area is 173 Å². The number of amides is 1. The van der Waals surface area contributed by atoms with Gasteiger partial charge in [-0.05, 0) is 24.3 Å². The topological polar surface area (TPSA) is 56.2 Å². The molecule has 0 aliphatic heterocycles. The Morgan fingerprint density at radius 3 is 2.07 bits per heavy atom. The summed E-state index contributed by atoms with van der Waals surface area (Å²) in [4.78, 5) is 17.3. The number of hydrogen-bond acceptors (Lipinski definition) is 6. The molecule has 1 amide bonds. The molecule has 142 valence electrons. The number of carbonyl (C=O) groups is 1. The molecule has 5 nitrogen and oxygen atoms in total. The highest BCUT2D eigenvalue weighted by molar-refractivity contribution is 8.07. The Morgan fingerprint density at radius 1 is 1.07 bits per heavy atom. The zero-order chi connectivity index (χ0) is 19.3. The standard InChI is InChI=1S/C12H10OS2.C7H11N3OS/c1-3-7-11(8-4-1)14-13-15-12-9-5-2-6-10-12;1-10-5-8-4-6(10)7(11)9-2-3-12/h1-10H;4-5,12H,2-3H2,1H3,(H,9,11). The van der Waals surface area contributed by atoms with Gasteiger partial charge in [-0.15, -0.1) is 0 Å². The van der Waals surface area contributed by atoms with Crippen LogP contribution in [-0.4, -0.2) is 27.8 Å². The molecule has 1 aromatic heterocycles. The third-order valence-corrected chi connectivity index (χ3v) is 4.89. The van der Waals surface area contributed by atoms with E-state index in [1.54, 1.807) is 17.9 Å². The fourth-order valence-electron chi connectivity index (χ4n) is 1.88. The monoisotopic (exact) mass is 419 g/mol. The van der Waals surface area contributed by atoms with E-state index in [9.17, 15) is 4.79 Å². The molecule has 27 heavy (non-hydrogen) atoms. The first kappa shape index (κ1) is 21.4. The molecule has 1 N–H and O–H groups in total. The molecule has 8 heteroatoms. The average molecular weight is 420 g/mol. The lowest BCUT2D eigenvalue weighted by Crippen LogP contribution is -2.26. The molecule has 3 rings (SSSR count). The van der Waals surface area contributed by atoms with Gasteiger partial charge in [0, 0.05) is 53.2 Å². The lowest BCUT2D eigenvalue weighted by atomic mass is 10.4. The molecule has 0 saturated heterocycles. The van der Waals surface area contributed by atoms with Gasteiger partial charge in [0.05, 0.1) is 12.5 Å². The van der Waals surface area contributed by atoms with Crippen molar-refractivity contribution >= 4 is 42.6 Å². The van der Waals surface area contributed by atoms with Crippen molar-refractivity contribution < 1.29 is 8.42 Å². The quantitative estimate of drug-likeness (QED) is 0.436. The summed E-state index contributed by atoms with van der Waals surface area (Å²) in [6, 6.07) is 20.1. The Bertz CT molecular complexity index is 759. The zero-order valence-electron chi connectivity index (χ0n) is 14.8. The van der Waals surface area contributed by atoms with Gasteiger partial charge in [-0.25, -0.2) is 8.61 Å². The van der Waals surface area contributed by atoms with Crippen LogP contribution in [0, 0.1) is 0 Å². The molecule has 0 bridgehead atoms. The Morgan fingerprint density at radius 2 is 1.63 bits per heavy atom. The Balaban J connectivity index is 0.000000199. The fourth-order valence-corrected chi connectivity index (χ4v) is 3.30. The fraction of sp³-hybridized carbons (Fsp3) is 0.158. The first-order valence-corrected chi connectivity index (χ1v) is 10.3. The third-order valence-electron chi connectivity index (χ3n) is 3.19. The van der Waals surface area contributed by atoms with Crippen molar-refractivity contribution in [3.63, 3.8) is 0 Å². The van der Waals surface area contributed by atoms with Crippen LogP contribution in [0.5, 0.6) is 0 Å². The van der Waals surface area contributed by atoms with Gasteiger partial charge in [0.15, 0.2) is 0 Å². The molecule has 0 atom stereocenters. The number of imidazole rings is 1. The molecule has 0 aliphatic carbocycles. The van der Waals surface area contributed by atoms with Crippen LogP contribution in [0.25, 0.3) is 0 Å². The smallest absolute Gasteiger partial charge is 0.269 e. The lowest BCUT2D eigenvalue weighted by Gasteiger charge is -2.02. The number of nitrogens with one attached hydrogen (secondary N) is 1. The summed E-state index contributed by atoms with van der Waals surface area (Å²) < 4.78 is 7.11. The molecule has 1 heterocycles. The first-order chi connectivity index (χ1) is 13.2. The van der Waals surface area contributed by atoms with E-state index in [2.05, 4.69) is 22.9 Å². The summed E-state index contributed by atoms with van der Waals surface area (Å²) in [5.74, 6) is 0.535. The van der Waals surface area contributed by atoms with Gasteiger partial charge in [0.1, 0.15) is 5.69 Å². The number of nitrogens with zero attached hydrogens (tertiary/aromatic N) is 2. The molecule has 3 aromatic rings. The van der Waals surface area contributed by atoms with E-state index in [0.717, 1.165) is 9.79 Å². The number of aromatic nitrogens is 2. The average Bonchev–Trinajstić information content (AvgIpc) is 3.14. The third kappa shape index (κ3) is 8.13. The molecule has 0 radical (unpaired) electrons. The normalized spacial score (nSPS) is 10.0. The minimum absolute atomic E-state index is 0.107. The van der Waals surface area contributed by atoms with Crippen molar-refractivity contribution in [2.75, 3.05) is 12.3 Å². The van der Waals surface area contributed by atoms with E-state index in [1.165, 1.54) is 30.3 Å². The number of hydrogen-bond donors (Lipinski definition) is 2. The molecule has 0 saturated carbocycles. The molecular weight excluding hydrogens is 398 g/mol. The van der Waals surface area contributed by atoms with Gasteiger partial charge < -0.3 is 9.88 Å². The number of carbonyl (C=O) groups excluding carboxylic acids is 1. The van der Waals surface area contributed by atoms with Crippen molar-refractivity contribution in [1.29, 1.82) is 0 Å². The van der Waals surface area contributed by atoms with E-state index >= 15 is 0 Å². The molecule has 0 aliphatic rings. The second kappa shape index (κ2) is 12.5. The van der Waals surface area contributed by atoms with E-state index in [-0.39, 0.29) is 5.91 Å². The summed E-state index contributed by atoms with van der Waals surface area (Å²) in [5, 5.41) is 2.70.